The lowest BCUT2D eigenvalue weighted by atomic mass is 10.3. The van der Waals surface area contributed by atoms with Gasteiger partial charge in [-0.3, -0.25) is 9.59 Å². The van der Waals surface area contributed by atoms with Gasteiger partial charge in [0.15, 0.2) is 0 Å². The number of carboxylic acid groups (broad SMARTS) is 1. The lowest BCUT2D eigenvalue weighted by molar-refractivity contribution is -0.151. The molecule has 0 saturated heterocycles. The molecule has 0 aliphatic heterocycles. The van der Waals surface area contributed by atoms with E-state index in [-0.39, 0.29) is 31.7 Å². The first-order valence-corrected chi connectivity index (χ1v) is 6.06. The molecule has 0 fully saturated rings. The number of ether oxygens (including phenoxy) is 3. The quantitative estimate of drug-likeness (QED) is 0.596. The van der Waals surface area contributed by atoms with Crippen LogP contribution in [0.1, 0.15) is 33.6 Å². The largest absolute Gasteiger partial charge is 0.481 e. The predicted molar refractivity (Wildman–Crippen MR) is 64.3 cm³/mol. The van der Waals surface area contributed by atoms with Crippen molar-refractivity contribution in [2.75, 3.05) is 19.8 Å². The van der Waals surface area contributed by atoms with E-state index in [2.05, 4.69) is 0 Å². The summed E-state index contributed by atoms with van der Waals surface area (Å²) in [4.78, 5) is 21.4. The van der Waals surface area contributed by atoms with E-state index >= 15 is 0 Å². The Morgan fingerprint density at radius 1 is 1.06 bits per heavy atom. The highest BCUT2D eigenvalue weighted by Crippen LogP contribution is 1.99. The van der Waals surface area contributed by atoms with Crippen LogP contribution in [0.2, 0.25) is 0 Å². The molecule has 6 nitrogen and oxygen atoms in total. The molecule has 0 aromatic rings. The number of hydrogen-bond donors (Lipinski definition) is 1. The Morgan fingerprint density at radius 2 is 1.67 bits per heavy atom. The molecule has 0 aliphatic rings. The first-order valence-electron chi connectivity index (χ1n) is 6.06. The molecule has 0 heterocycles. The van der Waals surface area contributed by atoms with E-state index in [4.69, 9.17) is 19.3 Å². The summed E-state index contributed by atoms with van der Waals surface area (Å²) in [6.45, 7) is 6.77. The van der Waals surface area contributed by atoms with Crippen molar-refractivity contribution in [3.8, 4) is 0 Å². The Labute approximate surface area is 107 Å². The van der Waals surface area contributed by atoms with Crippen molar-refractivity contribution < 1.29 is 28.9 Å². The zero-order valence-electron chi connectivity index (χ0n) is 11.2. The monoisotopic (exact) mass is 262 g/mol. The second-order valence-electron chi connectivity index (χ2n) is 3.99. The summed E-state index contributed by atoms with van der Waals surface area (Å²) < 4.78 is 15.6. The lowest BCUT2D eigenvalue weighted by Crippen LogP contribution is -2.24. The number of carbonyl (C=O) groups is 2. The summed E-state index contributed by atoms with van der Waals surface area (Å²) in [5, 5.41) is 8.39. The van der Waals surface area contributed by atoms with Gasteiger partial charge in [-0.15, -0.1) is 0 Å². The zero-order chi connectivity index (χ0) is 14.0. The van der Waals surface area contributed by atoms with E-state index in [1.54, 1.807) is 6.92 Å². The molecular formula is C12H22O6. The van der Waals surface area contributed by atoms with E-state index in [0.29, 0.717) is 13.2 Å². The van der Waals surface area contributed by atoms with Gasteiger partial charge in [-0.05, 0) is 20.8 Å². The maximum absolute atomic E-state index is 11.1. The molecule has 2 unspecified atom stereocenters. The molecule has 0 radical (unpaired) electrons. The number of aliphatic carboxylic acids is 1. The van der Waals surface area contributed by atoms with Crippen LogP contribution in [0.25, 0.3) is 0 Å². The van der Waals surface area contributed by atoms with Crippen molar-refractivity contribution in [2.24, 2.45) is 0 Å². The fourth-order valence-electron chi connectivity index (χ4n) is 1.17. The van der Waals surface area contributed by atoms with Crippen LogP contribution in [0.4, 0.5) is 0 Å². The van der Waals surface area contributed by atoms with Gasteiger partial charge >= 0.3 is 11.9 Å². The number of carboxylic acids is 1. The molecule has 0 aliphatic carbocycles. The van der Waals surface area contributed by atoms with Crippen molar-refractivity contribution >= 4 is 11.9 Å². The molecule has 0 spiro atoms. The predicted octanol–water partition coefficient (Wildman–Crippen LogP) is 1.22. The fraction of sp³-hybridized carbons (Fsp3) is 0.833. The molecule has 0 saturated carbocycles. The summed E-state index contributed by atoms with van der Waals surface area (Å²) in [5.41, 5.74) is 0. The average Bonchev–Trinajstić information content (AvgIpc) is 2.31. The van der Waals surface area contributed by atoms with Gasteiger partial charge in [-0.1, -0.05) is 0 Å². The van der Waals surface area contributed by atoms with Crippen LogP contribution in [0.15, 0.2) is 0 Å². The van der Waals surface area contributed by atoms with Gasteiger partial charge in [0.05, 0.1) is 31.7 Å². The molecule has 6 heteroatoms. The number of carbonyl (C=O) groups excluding carboxylic acids is 1. The van der Waals surface area contributed by atoms with Gasteiger partial charge in [0, 0.05) is 6.61 Å². The Bertz CT molecular complexity index is 253. The van der Waals surface area contributed by atoms with Crippen LogP contribution in [0.5, 0.6) is 0 Å². The number of rotatable bonds is 10. The molecular weight excluding hydrogens is 240 g/mol. The number of hydrogen-bond acceptors (Lipinski definition) is 5. The minimum atomic E-state index is -1.01. The Balaban J connectivity index is 3.60. The standard InChI is InChI=1S/C12H22O6/c1-4-16-9(2)7-17-10(3)8-18-12(15)6-5-11(13)14/h9-10H,4-8H2,1-3H3,(H,13,14). The van der Waals surface area contributed by atoms with Crippen LogP contribution in [-0.2, 0) is 23.8 Å². The minimum absolute atomic E-state index is 0.000150. The lowest BCUT2D eigenvalue weighted by Gasteiger charge is -2.17. The van der Waals surface area contributed by atoms with Crippen LogP contribution in [0.3, 0.4) is 0 Å². The van der Waals surface area contributed by atoms with Crippen LogP contribution in [0, 0.1) is 0 Å². The fourth-order valence-corrected chi connectivity index (χ4v) is 1.17. The summed E-state index contributed by atoms with van der Waals surface area (Å²) in [6, 6.07) is 0. The second kappa shape index (κ2) is 9.85. The molecule has 0 amide bonds. The van der Waals surface area contributed by atoms with E-state index in [0.717, 1.165) is 0 Å². The Hall–Kier alpha value is -1.14. The normalized spacial score (nSPS) is 13.9. The summed E-state index contributed by atoms with van der Waals surface area (Å²) in [7, 11) is 0. The Kier molecular flexibility index (Phi) is 9.22. The molecule has 0 rings (SSSR count). The third kappa shape index (κ3) is 10.0. The second-order valence-corrected chi connectivity index (χ2v) is 3.99. The highest BCUT2D eigenvalue weighted by atomic mass is 16.6. The van der Waals surface area contributed by atoms with E-state index in [1.165, 1.54) is 0 Å². The van der Waals surface area contributed by atoms with Gasteiger partial charge < -0.3 is 19.3 Å². The molecule has 106 valence electrons. The van der Waals surface area contributed by atoms with Crippen LogP contribution >= 0.6 is 0 Å². The van der Waals surface area contributed by atoms with E-state index in [9.17, 15) is 9.59 Å². The maximum atomic E-state index is 11.1. The summed E-state index contributed by atoms with van der Waals surface area (Å²) in [6.07, 6.45) is -0.561. The van der Waals surface area contributed by atoms with Crippen molar-refractivity contribution in [2.45, 2.75) is 45.8 Å². The third-order valence-electron chi connectivity index (χ3n) is 2.09. The first-order chi connectivity index (χ1) is 8.45. The maximum Gasteiger partial charge on any atom is 0.306 e. The van der Waals surface area contributed by atoms with Crippen molar-refractivity contribution in [3.05, 3.63) is 0 Å². The number of esters is 1. The molecule has 0 aromatic heterocycles. The van der Waals surface area contributed by atoms with Crippen molar-refractivity contribution in [1.82, 2.24) is 0 Å². The van der Waals surface area contributed by atoms with Crippen molar-refractivity contribution in [1.29, 1.82) is 0 Å². The van der Waals surface area contributed by atoms with Gasteiger partial charge in [-0.25, -0.2) is 0 Å². The molecule has 0 aromatic carbocycles. The summed E-state index contributed by atoms with van der Waals surface area (Å²) >= 11 is 0. The summed E-state index contributed by atoms with van der Waals surface area (Å²) in [5.74, 6) is -1.53. The Morgan fingerprint density at radius 3 is 2.22 bits per heavy atom. The van der Waals surface area contributed by atoms with Gasteiger partial charge in [0.25, 0.3) is 0 Å². The highest BCUT2D eigenvalue weighted by molar-refractivity contribution is 5.76. The smallest absolute Gasteiger partial charge is 0.306 e. The van der Waals surface area contributed by atoms with E-state index < -0.39 is 11.9 Å². The minimum Gasteiger partial charge on any atom is -0.481 e. The molecule has 2 atom stereocenters. The zero-order valence-corrected chi connectivity index (χ0v) is 11.2. The molecule has 0 bridgehead atoms. The van der Waals surface area contributed by atoms with Gasteiger partial charge in [-0.2, -0.15) is 0 Å². The van der Waals surface area contributed by atoms with E-state index in [1.807, 2.05) is 13.8 Å². The highest BCUT2D eigenvalue weighted by Gasteiger charge is 2.11. The SMILES string of the molecule is CCOC(C)COC(C)COC(=O)CCC(=O)O. The molecule has 18 heavy (non-hydrogen) atoms. The molecule has 1 N–H and O–H groups in total. The topological polar surface area (TPSA) is 82.1 Å². The van der Waals surface area contributed by atoms with Gasteiger partial charge in [0.2, 0.25) is 0 Å². The van der Waals surface area contributed by atoms with Gasteiger partial charge in [0.1, 0.15) is 6.61 Å². The average molecular weight is 262 g/mol. The van der Waals surface area contributed by atoms with Crippen molar-refractivity contribution in [3.63, 3.8) is 0 Å². The third-order valence-corrected chi connectivity index (χ3v) is 2.09. The van der Waals surface area contributed by atoms with Crippen LogP contribution in [-0.4, -0.2) is 49.1 Å². The first kappa shape index (κ1) is 16.9. The van der Waals surface area contributed by atoms with Crippen LogP contribution < -0.4 is 0 Å².